The molecular formula is C11H15ClN2O3S. The molecule has 0 heterocycles. The topological polar surface area (TPSA) is 75.3 Å². The smallest absolute Gasteiger partial charge is 0.216 e. The highest BCUT2D eigenvalue weighted by Crippen LogP contribution is 2.11. The number of rotatable bonds is 6. The minimum Gasteiger partial charge on any atom is -0.355 e. The van der Waals surface area contributed by atoms with Crippen LogP contribution in [0.15, 0.2) is 24.3 Å². The molecule has 0 saturated carbocycles. The molecule has 0 spiro atoms. The SMILES string of the molecule is CC(=O)NCCNS(=O)(=O)Cc1ccc(Cl)cc1. The minimum atomic E-state index is -3.39. The van der Waals surface area contributed by atoms with Crippen molar-refractivity contribution in [3.05, 3.63) is 34.9 Å². The molecule has 0 aliphatic heterocycles. The monoisotopic (exact) mass is 290 g/mol. The van der Waals surface area contributed by atoms with Crippen LogP contribution in [0.5, 0.6) is 0 Å². The van der Waals surface area contributed by atoms with Gasteiger partial charge in [0.1, 0.15) is 0 Å². The molecule has 0 fully saturated rings. The zero-order chi connectivity index (χ0) is 13.6. The molecule has 0 radical (unpaired) electrons. The summed E-state index contributed by atoms with van der Waals surface area (Å²) >= 11 is 5.71. The second-order valence-corrected chi connectivity index (χ2v) is 6.01. The predicted octanol–water partition coefficient (Wildman–Crippen LogP) is 0.896. The molecule has 18 heavy (non-hydrogen) atoms. The summed E-state index contributed by atoms with van der Waals surface area (Å²) in [5.41, 5.74) is 0.659. The summed E-state index contributed by atoms with van der Waals surface area (Å²) < 4.78 is 25.7. The van der Waals surface area contributed by atoms with E-state index in [2.05, 4.69) is 10.0 Å². The fourth-order valence-corrected chi connectivity index (χ4v) is 2.57. The van der Waals surface area contributed by atoms with Crippen LogP contribution < -0.4 is 10.0 Å². The van der Waals surface area contributed by atoms with Crippen molar-refractivity contribution in [2.75, 3.05) is 13.1 Å². The Labute approximate surface area is 112 Å². The van der Waals surface area contributed by atoms with Gasteiger partial charge in [-0.25, -0.2) is 13.1 Å². The highest BCUT2D eigenvalue weighted by molar-refractivity contribution is 7.88. The molecule has 0 saturated heterocycles. The quantitative estimate of drug-likeness (QED) is 0.764. The van der Waals surface area contributed by atoms with Crippen molar-refractivity contribution >= 4 is 27.5 Å². The van der Waals surface area contributed by atoms with E-state index in [1.54, 1.807) is 24.3 Å². The summed E-state index contributed by atoms with van der Waals surface area (Å²) in [5, 5.41) is 3.07. The Kier molecular flexibility index (Phi) is 5.58. The van der Waals surface area contributed by atoms with Gasteiger partial charge in [-0.2, -0.15) is 0 Å². The standard InChI is InChI=1S/C11H15ClN2O3S/c1-9(15)13-6-7-14-18(16,17)8-10-2-4-11(12)5-3-10/h2-5,14H,6-8H2,1H3,(H,13,15). The van der Waals surface area contributed by atoms with E-state index >= 15 is 0 Å². The summed E-state index contributed by atoms with van der Waals surface area (Å²) in [6, 6.07) is 6.61. The maximum absolute atomic E-state index is 11.7. The molecule has 0 aliphatic rings. The van der Waals surface area contributed by atoms with Crippen molar-refractivity contribution in [3.63, 3.8) is 0 Å². The van der Waals surface area contributed by atoms with Gasteiger partial charge in [-0.05, 0) is 17.7 Å². The molecule has 1 aromatic rings. The van der Waals surface area contributed by atoms with Crippen molar-refractivity contribution in [1.82, 2.24) is 10.0 Å². The second kappa shape index (κ2) is 6.72. The van der Waals surface area contributed by atoms with Crippen LogP contribution in [0.25, 0.3) is 0 Å². The van der Waals surface area contributed by atoms with Crippen LogP contribution in [-0.2, 0) is 20.6 Å². The lowest BCUT2D eigenvalue weighted by Gasteiger charge is -2.07. The van der Waals surface area contributed by atoms with Crippen LogP contribution in [0.2, 0.25) is 5.02 Å². The molecule has 1 aromatic carbocycles. The van der Waals surface area contributed by atoms with Crippen molar-refractivity contribution < 1.29 is 13.2 Å². The van der Waals surface area contributed by atoms with Crippen molar-refractivity contribution in [2.24, 2.45) is 0 Å². The van der Waals surface area contributed by atoms with Crippen molar-refractivity contribution in [3.8, 4) is 0 Å². The third-order valence-electron chi connectivity index (χ3n) is 2.09. The normalized spacial score (nSPS) is 11.2. The molecule has 0 aliphatic carbocycles. The molecule has 0 aromatic heterocycles. The lowest BCUT2D eigenvalue weighted by molar-refractivity contribution is -0.118. The first-order valence-corrected chi connectivity index (χ1v) is 7.38. The van der Waals surface area contributed by atoms with Crippen LogP contribution >= 0.6 is 11.6 Å². The number of carbonyl (C=O) groups is 1. The van der Waals surface area contributed by atoms with E-state index in [1.165, 1.54) is 6.92 Å². The Balaban J connectivity index is 2.44. The molecule has 1 amide bonds. The number of hydrogen-bond donors (Lipinski definition) is 2. The summed E-state index contributed by atoms with van der Waals surface area (Å²) in [4.78, 5) is 10.6. The van der Waals surface area contributed by atoms with Crippen LogP contribution in [-0.4, -0.2) is 27.4 Å². The van der Waals surface area contributed by atoms with Gasteiger partial charge in [-0.3, -0.25) is 4.79 Å². The zero-order valence-corrected chi connectivity index (χ0v) is 11.5. The van der Waals surface area contributed by atoms with E-state index < -0.39 is 10.0 Å². The Hall–Kier alpha value is -1.11. The maximum Gasteiger partial charge on any atom is 0.216 e. The van der Waals surface area contributed by atoms with Crippen molar-refractivity contribution in [2.45, 2.75) is 12.7 Å². The fourth-order valence-electron chi connectivity index (χ4n) is 1.30. The van der Waals surface area contributed by atoms with Gasteiger partial charge in [-0.15, -0.1) is 0 Å². The average Bonchev–Trinajstić information content (AvgIpc) is 2.27. The maximum atomic E-state index is 11.7. The molecule has 0 unspecified atom stereocenters. The second-order valence-electron chi connectivity index (χ2n) is 3.76. The first-order chi connectivity index (χ1) is 8.39. The molecule has 0 bridgehead atoms. The summed E-state index contributed by atoms with van der Waals surface area (Å²) in [6.45, 7) is 1.83. The molecule has 7 heteroatoms. The van der Waals surface area contributed by atoms with Crippen LogP contribution in [0.4, 0.5) is 0 Å². The van der Waals surface area contributed by atoms with E-state index in [0.717, 1.165) is 0 Å². The fraction of sp³-hybridized carbons (Fsp3) is 0.364. The van der Waals surface area contributed by atoms with Gasteiger partial charge < -0.3 is 5.32 Å². The lowest BCUT2D eigenvalue weighted by atomic mass is 10.2. The van der Waals surface area contributed by atoms with Gasteiger partial charge in [0.05, 0.1) is 5.75 Å². The van der Waals surface area contributed by atoms with Gasteiger partial charge in [0, 0.05) is 25.0 Å². The number of benzene rings is 1. The first kappa shape index (κ1) is 14.9. The van der Waals surface area contributed by atoms with Crippen LogP contribution in [0, 0.1) is 0 Å². The Bertz CT molecular complexity index is 500. The largest absolute Gasteiger partial charge is 0.355 e. The minimum absolute atomic E-state index is 0.107. The lowest BCUT2D eigenvalue weighted by Crippen LogP contribution is -2.34. The summed E-state index contributed by atoms with van der Waals surface area (Å²) in [6.07, 6.45) is 0. The number of amides is 1. The third-order valence-corrected chi connectivity index (χ3v) is 3.70. The molecular weight excluding hydrogens is 276 g/mol. The number of halogens is 1. The molecule has 2 N–H and O–H groups in total. The van der Waals surface area contributed by atoms with Crippen molar-refractivity contribution in [1.29, 1.82) is 0 Å². The van der Waals surface area contributed by atoms with Gasteiger partial charge in [0.15, 0.2) is 0 Å². The third kappa shape index (κ3) is 6.00. The molecule has 0 atom stereocenters. The predicted molar refractivity (Wildman–Crippen MR) is 70.8 cm³/mol. The van der Waals surface area contributed by atoms with Gasteiger partial charge in [0.2, 0.25) is 15.9 Å². The van der Waals surface area contributed by atoms with E-state index in [9.17, 15) is 13.2 Å². The van der Waals surface area contributed by atoms with Gasteiger partial charge in [0.25, 0.3) is 0 Å². The molecule has 5 nitrogen and oxygen atoms in total. The number of hydrogen-bond acceptors (Lipinski definition) is 3. The zero-order valence-electron chi connectivity index (χ0n) is 9.94. The van der Waals surface area contributed by atoms with Gasteiger partial charge >= 0.3 is 0 Å². The van der Waals surface area contributed by atoms with Crippen LogP contribution in [0.1, 0.15) is 12.5 Å². The summed E-state index contributed by atoms with van der Waals surface area (Å²) in [7, 11) is -3.39. The van der Waals surface area contributed by atoms with E-state index in [-0.39, 0.29) is 24.7 Å². The van der Waals surface area contributed by atoms with E-state index in [0.29, 0.717) is 10.6 Å². The average molecular weight is 291 g/mol. The molecule has 1 rings (SSSR count). The Morgan fingerprint density at radius 2 is 1.83 bits per heavy atom. The number of carbonyl (C=O) groups excluding carboxylic acids is 1. The number of sulfonamides is 1. The van der Waals surface area contributed by atoms with E-state index in [1.807, 2.05) is 0 Å². The highest BCUT2D eigenvalue weighted by Gasteiger charge is 2.10. The highest BCUT2D eigenvalue weighted by atomic mass is 35.5. The molecule has 100 valence electrons. The Morgan fingerprint density at radius 3 is 2.39 bits per heavy atom. The van der Waals surface area contributed by atoms with E-state index in [4.69, 9.17) is 11.6 Å². The summed E-state index contributed by atoms with van der Waals surface area (Å²) in [5.74, 6) is -0.295. The first-order valence-electron chi connectivity index (χ1n) is 5.35. The number of nitrogens with one attached hydrogen (secondary N) is 2. The van der Waals surface area contributed by atoms with Crippen LogP contribution in [0.3, 0.4) is 0 Å². The Morgan fingerprint density at radius 1 is 1.22 bits per heavy atom. The van der Waals surface area contributed by atoms with Gasteiger partial charge in [-0.1, -0.05) is 23.7 Å².